The van der Waals surface area contributed by atoms with Crippen LogP contribution >= 0.6 is 0 Å². The zero-order valence-corrected chi connectivity index (χ0v) is 7.71. The normalized spacial score (nSPS) is 66.0. The van der Waals surface area contributed by atoms with E-state index in [1.807, 2.05) is 0 Å². The maximum atomic E-state index is 1.65. The Morgan fingerprint density at radius 2 is 1.00 bits per heavy atom. The SMILES string of the molecule is C1CC2C1CC1C3CCC3CC21. The molecular weight excluding hydrogens is 144 g/mol. The van der Waals surface area contributed by atoms with Crippen LogP contribution in [0.5, 0.6) is 0 Å². The molecule has 0 heterocycles. The third kappa shape index (κ3) is 0.561. The fourth-order valence-corrected chi connectivity index (χ4v) is 4.94. The van der Waals surface area contributed by atoms with Gasteiger partial charge in [0.25, 0.3) is 0 Å². The van der Waals surface area contributed by atoms with Crippen LogP contribution in [-0.2, 0) is 0 Å². The molecule has 66 valence electrons. The van der Waals surface area contributed by atoms with Gasteiger partial charge >= 0.3 is 0 Å². The second-order valence-electron chi connectivity index (χ2n) is 5.80. The highest BCUT2D eigenvalue weighted by molar-refractivity contribution is 5.07. The van der Waals surface area contributed by atoms with Gasteiger partial charge in [-0.25, -0.2) is 0 Å². The van der Waals surface area contributed by atoms with E-state index in [1.54, 1.807) is 38.5 Å². The summed E-state index contributed by atoms with van der Waals surface area (Å²) in [5, 5.41) is 0. The van der Waals surface area contributed by atoms with E-state index >= 15 is 0 Å². The van der Waals surface area contributed by atoms with Crippen molar-refractivity contribution in [1.82, 2.24) is 0 Å². The number of fused-ring (bicyclic) bond motifs is 5. The van der Waals surface area contributed by atoms with Crippen molar-refractivity contribution in [3.8, 4) is 0 Å². The predicted octanol–water partition coefficient (Wildman–Crippen LogP) is 3.08. The van der Waals surface area contributed by atoms with Crippen LogP contribution in [0.25, 0.3) is 0 Å². The van der Waals surface area contributed by atoms with Crippen molar-refractivity contribution in [2.24, 2.45) is 35.5 Å². The summed E-state index contributed by atoms with van der Waals surface area (Å²) in [6, 6.07) is 0. The molecule has 0 aromatic rings. The lowest BCUT2D eigenvalue weighted by atomic mass is 9.69. The highest BCUT2D eigenvalue weighted by Crippen LogP contribution is 2.66. The van der Waals surface area contributed by atoms with Gasteiger partial charge in [0.1, 0.15) is 0 Å². The van der Waals surface area contributed by atoms with Crippen molar-refractivity contribution >= 4 is 0 Å². The first-order valence-electron chi connectivity index (χ1n) is 5.93. The molecule has 0 saturated heterocycles. The molecule has 0 spiro atoms. The minimum atomic E-state index is 1.21. The number of hydrogen-bond donors (Lipinski definition) is 0. The molecule has 6 atom stereocenters. The molecule has 0 amide bonds. The van der Waals surface area contributed by atoms with Gasteiger partial charge in [-0.1, -0.05) is 0 Å². The molecule has 0 aromatic carbocycles. The van der Waals surface area contributed by atoms with E-state index in [4.69, 9.17) is 0 Å². The van der Waals surface area contributed by atoms with E-state index in [-0.39, 0.29) is 0 Å². The maximum Gasteiger partial charge on any atom is -0.0349 e. The van der Waals surface area contributed by atoms with E-state index in [0.29, 0.717) is 0 Å². The zero-order chi connectivity index (χ0) is 7.71. The number of hydrogen-bond acceptors (Lipinski definition) is 0. The monoisotopic (exact) mass is 162 g/mol. The van der Waals surface area contributed by atoms with Gasteiger partial charge in [0.05, 0.1) is 0 Å². The van der Waals surface area contributed by atoms with Crippen LogP contribution in [0.15, 0.2) is 0 Å². The molecular formula is C12H18. The average Bonchev–Trinajstić information content (AvgIpc) is 2.31. The van der Waals surface area contributed by atoms with E-state index < -0.39 is 0 Å². The molecule has 4 saturated carbocycles. The summed E-state index contributed by atoms with van der Waals surface area (Å²) in [7, 11) is 0. The van der Waals surface area contributed by atoms with Crippen molar-refractivity contribution in [2.45, 2.75) is 38.5 Å². The first-order chi connectivity index (χ1) is 5.93. The Hall–Kier alpha value is 0. The Kier molecular flexibility index (Phi) is 1.03. The van der Waals surface area contributed by atoms with Crippen molar-refractivity contribution in [2.75, 3.05) is 0 Å². The largest absolute Gasteiger partial charge is 0.0499 e. The maximum absolute atomic E-state index is 1.65. The fourth-order valence-electron chi connectivity index (χ4n) is 4.94. The Bertz CT molecular complexity index is 196. The van der Waals surface area contributed by atoms with Crippen LogP contribution in [0.3, 0.4) is 0 Å². The van der Waals surface area contributed by atoms with E-state index in [9.17, 15) is 0 Å². The molecule has 0 heteroatoms. The predicted molar refractivity (Wildman–Crippen MR) is 48.6 cm³/mol. The molecule has 0 bridgehead atoms. The third-order valence-electron chi connectivity index (χ3n) is 5.75. The second kappa shape index (κ2) is 1.91. The summed E-state index contributed by atoms with van der Waals surface area (Å²) in [4.78, 5) is 0. The highest BCUT2D eigenvalue weighted by Gasteiger charge is 2.57. The van der Waals surface area contributed by atoms with Gasteiger partial charge in [0.2, 0.25) is 0 Å². The minimum Gasteiger partial charge on any atom is -0.0499 e. The van der Waals surface area contributed by atoms with E-state index in [0.717, 1.165) is 0 Å². The first kappa shape index (κ1) is 6.45. The third-order valence-corrected chi connectivity index (χ3v) is 5.75. The summed E-state index contributed by atoms with van der Waals surface area (Å²) in [6.45, 7) is 0. The van der Waals surface area contributed by atoms with Crippen molar-refractivity contribution in [3.63, 3.8) is 0 Å². The molecule has 0 aromatic heterocycles. The van der Waals surface area contributed by atoms with Crippen LogP contribution in [0, 0.1) is 35.5 Å². The Morgan fingerprint density at radius 3 is 1.33 bits per heavy atom. The van der Waals surface area contributed by atoms with Crippen LogP contribution in [-0.4, -0.2) is 0 Å². The second-order valence-corrected chi connectivity index (χ2v) is 5.80. The van der Waals surface area contributed by atoms with Crippen molar-refractivity contribution in [1.29, 1.82) is 0 Å². The summed E-state index contributed by atoms with van der Waals surface area (Å²) in [6.07, 6.45) is 9.69. The molecule has 0 radical (unpaired) electrons. The van der Waals surface area contributed by atoms with E-state index in [2.05, 4.69) is 0 Å². The van der Waals surface area contributed by atoms with E-state index in [1.165, 1.54) is 35.5 Å². The standard InChI is InChI=1S/C12H18/c1-3-9-7(1)5-11-10-4-2-8(10)6-12(9)11/h7-12H,1-6H2. The average molecular weight is 162 g/mol. The summed E-state index contributed by atoms with van der Waals surface area (Å²) in [5.74, 6) is 7.31. The molecule has 0 N–H and O–H groups in total. The lowest BCUT2D eigenvalue weighted by molar-refractivity contribution is 0.138. The molecule has 4 aliphatic carbocycles. The van der Waals surface area contributed by atoms with Gasteiger partial charge in [0.15, 0.2) is 0 Å². The Morgan fingerprint density at radius 1 is 0.500 bits per heavy atom. The quantitative estimate of drug-likeness (QED) is 0.513. The van der Waals surface area contributed by atoms with Crippen LogP contribution in [0.2, 0.25) is 0 Å². The van der Waals surface area contributed by atoms with Crippen LogP contribution in [0.1, 0.15) is 38.5 Å². The molecule has 0 nitrogen and oxygen atoms in total. The zero-order valence-electron chi connectivity index (χ0n) is 7.71. The van der Waals surface area contributed by atoms with Gasteiger partial charge in [-0.15, -0.1) is 0 Å². The van der Waals surface area contributed by atoms with Gasteiger partial charge in [0, 0.05) is 0 Å². The van der Waals surface area contributed by atoms with Gasteiger partial charge in [-0.3, -0.25) is 0 Å². The topological polar surface area (TPSA) is 0 Å². The lowest BCUT2D eigenvalue weighted by Crippen LogP contribution is -2.27. The molecule has 4 aliphatic rings. The fraction of sp³-hybridized carbons (Fsp3) is 1.00. The lowest BCUT2D eigenvalue weighted by Gasteiger charge is -2.37. The molecule has 6 unspecified atom stereocenters. The van der Waals surface area contributed by atoms with Gasteiger partial charge < -0.3 is 0 Å². The van der Waals surface area contributed by atoms with Crippen molar-refractivity contribution in [3.05, 3.63) is 0 Å². The molecule has 12 heavy (non-hydrogen) atoms. The Labute approximate surface area is 74.7 Å². The highest BCUT2D eigenvalue weighted by atomic mass is 14.6. The molecule has 4 fully saturated rings. The summed E-state index contributed by atoms with van der Waals surface area (Å²) >= 11 is 0. The minimum absolute atomic E-state index is 1.21. The Balaban J connectivity index is 1.66. The van der Waals surface area contributed by atoms with Crippen LogP contribution < -0.4 is 0 Å². The summed E-state index contributed by atoms with van der Waals surface area (Å²) < 4.78 is 0. The van der Waals surface area contributed by atoms with Gasteiger partial charge in [-0.2, -0.15) is 0 Å². The number of rotatable bonds is 0. The molecule has 0 aliphatic heterocycles. The first-order valence-corrected chi connectivity index (χ1v) is 5.93. The van der Waals surface area contributed by atoms with Crippen LogP contribution in [0.4, 0.5) is 0 Å². The summed E-state index contributed by atoms with van der Waals surface area (Å²) in [5.41, 5.74) is 0. The molecule has 4 rings (SSSR count). The van der Waals surface area contributed by atoms with Crippen molar-refractivity contribution < 1.29 is 0 Å². The smallest absolute Gasteiger partial charge is 0.0349 e. The van der Waals surface area contributed by atoms with Gasteiger partial charge in [-0.05, 0) is 74.0 Å².